The minimum Gasteiger partial charge on any atom is -0.491 e. The van der Waals surface area contributed by atoms with Gasteiger partial charge in [-0.25, -0.2) is 9.97 Å². The van der Waals surface area contributed by atoms with Crippen LogP contribution >= 0.6 is 0 Å². The Morgan fingerprint density at radius 1 is 0.821 bits per heavy atom. The average molecular weight is 374 g/mol. The first-order valence-electron chi connectivity index (χ1n) is 10.3. The molecule has 0 fully saturated rings. The highest BCUT2D eigenvalue weighted by Crippen LogP contribution is 2.27. The zero-order chi connectivity index (χ0) is 19.2. The van der Waals surface area contributed by atoms with E-state index in [-0.39, 0.29) is 0 Å². The summed E-state index contributed by atoms with van der Waals surface area (Å²) in [6, 6.07) is 18.2. The number of hydrogen-bond donors (Lipinski definition) is 1. The second kappa shape index (κ2) is 8.87. The summed E-state index contributed by atoms with van der Waals surface area (Å²) in [6.45, 7) is 2.98. The molecule has 0 saturated heterocycles. The first-order chi connectivity index (χ1) is 13.8. The number of H-pyrrole nitrogens is 1. The number of pyridine rings is 1. The van der Waals surface area contributed by atoms with E-state index in [0.29, 0.717) is 0 Å². The Balaban J connectivity index is 1.51. The zero-order valence-corrected chi connectivity index (χ0v) is 16.4. The third-order valence-electron chi connectivity index (χ3n) is 5.07. The summed E-state index contributed by atoms with van der Waals surface area (Å²) in [5.74, 6) is 1.64. The Morgan fingerprint density at radius 2 is 1.68 bits per heavy atom. The monoisotopic (exact) mass is 373 g/mol. The summed E-state index contributed by atoms with van der Waals surface area (Å²) in [6.07, 6.45) is 7.55. The maximum Gasteiger partial charge on any atom is 0.157 e. The van der Waals surface area contributed by atoms with Crippen molar-refractivity contribution < 1.29 is 4.74 Å². The van der Waals surface area contributed by atoms with Crippen LogP contribution in [0.4, 0.5) is 0 Å². The highest BCUT2D eigenvalue weighted by atomic mass is 16.5. The maximum absolute atomic E-state index is 6.08. The number of ether oxygens (including phenoxy) is 1. The molecule has 0 aliphatic heterocycles. The Labute approximate surface area is 166 Å². The number of nitrogens with one attached hydrogen (secondary N) is 1. The first kappa shape index (κ1) is 18.5. The van der Waals surface area contributed by atoms with E-state index in [4.69, 9.17) is 9.72 Å². The van der Waals surface area contributed by atoms with Crippen molar-refractivity contribution in [3.8, 4) is 17.3 Å². The molecule has 1 N–H and O–H groups in total. The van der Waals surface area contributed by atoms with Crippen molar-refractivity contribution in [3.05, 3.63) is 54.6 Å². The van der Waals surface area contributed by atoms with Crippen molar-refractivity contribution in [2.24, 2.45) is 0 Å². The molecule has 4 heteroatoms. The molecule has 2 aromatic heterocycles. The molecule has 0 amide bonds. The molecule has 2 heterocycles. The molecule has 144 valence electrons. The number of rotatable bonds is 9. The van der Waals surface area contributed by atoms with Crippen LogP contribution in [0, 0.1) is 0 Å². The van der Waals surface area contributed by atoms with E-state index in [0.717, 1.165) is 52.2 Å². The highest BCUT2D eigenvalue weighted by molar-refractivity contribution is 5.87. The van der Waals surface area contributed by atoms with Crippen LogP contribution in [-0.2, 0) is 0 Å². The highest BCUT2D eigenvalue weighted by Gasteiger charge is 2.10. The molecule has 0 atom stereocenters. The van der Waals surface area contributed by atoms with Gasteiger partial charge in [-0.05, 0) is 30.7 Å². The zero-order valence-electron chi connectivity index (χ0n) is 16.4. The molecule has 4 rings (SSSR count). The predicted molar refractivity (Wildman–Crippen MR) is 116 cm³/mol. The lowest BCUT2D eigenvalue weighted by molar-refractivity contribution is 0.307. The van der Waals surface area contributed by atoms with Gasteiger partial charge in [-0.2, -0.15) is 0 Å². The SMILES string of the molecule is CCCCCCCCOc1cccc2ccc(-c3nc4ccccc4[nH]3)nc12. The molecular formula is C24H27N3O. The molecule has 4 aromatic rings. The van der Waals surface area contributed by atoms with E-state index in [9.17, 15) is 0 Å². The number of fused-ring (bicyclic) bond motifs is 2. The van der Waals surface area contributed by atoms with E-state index in [1.807, 2.05) is 42.5 Å². The van der Waals surface area contributed by atoms with Crippen LogP contribution in [0.25, 0.3) is 33.5 Å². The number of nitrogens with zero attached hydrogens (tertiary/aromatic N) is 2. The first-order valence-corrected chi connectivity index (χ1v) is 10.3. The van der Waals surface area contributed by atoms with E-state index in [2.05, 4.69) is 29.0 Å². The molecule has 4 nitrogen and oxygen atoms in total. The lowest BCUT2D eigenvalue weighted by atomic mass is 10.1. The normalized spacial score (nSPS) is 11.3. The van der Waals surface area contributed by atoms with Gasteiger partial charge in [0.2, 0.25) is 0 Å². The van der Waals surface area contributed by atoms with E-state index < -0.39 is 0 Å². The summed E-state index contributed by atoms with van der Waals surface area (Å²) >= 11 is 0. The molecular weight excluding hydrogens is 346 g/mol. The fourth-order valence-corrected chi connectivity index (χ4v) is 3.51. The number of hydrogen-bond acceptors (Lipinski definition) is 3. The van der Waals surface area contributed by atoms with Crippen molar-refractivity contribution in [1.29, 1.82) is 0 Å². The molecule has 0 unspecified atom stereocenters. The van der Waals surface area contributed by atoms with Gasteiger partial charge in [0.25, 0.3) is 0 Å². The number of aromatic nitrogens is 3. The third kappa shape index (κ3) is 4.16. The standard InChI is InChI=1S/C24H27N3O/c1-2-3-4-5-6-9-17-28-22-14-10-11-18-15-16-21(25-23(18)22)24-26-19-12-7-8-13-20(19)27-24/h7-8,10-16H,2-6,9,17H2,1H3,(H,26,27). The Bertz CT molecular complexity index is 1020. The second-order valence-electron chi connectivity index (χ2n) is 7.24. The van der Waals surface area contributed by atoms with Gasteiger partial charge in [-0.3, -0.25) is 0 Å². The van der Waals surface area contributed by atoms with Gasteiger partial charge in [0.05, 0.1) is 17.6 Å². The Kier molecular flexibility index (Phi) is 5.86. The second-order valence-corrected chi connectivity index (χ2v) is 7.24. The van der Waals surface area contributed by atoms with E-state index in [1.54, 1.807) is 0 Å². The molecule has 0 bridgehead atoms. The Morgan fingerprint density at radius 3 is 2.57 bits per heavy atom. The number of unbranched alkanes of at least 4 members (excludes halogenated alkanes) is 5. The molecule has 0 spiro atoms. The van der Waals surface area contributed by atoms with Gasteiger partial charge < -0.3 is 9.72 Å². The molecule has 0 saturated carbocycles. The van der Waals surface area contributed by atoms with Crippen molar-refractivity contribution in [1.82, 2.24) is 15.0 Å². The van der Waals surface area contributed by atoms with Crippen molar-refractivity contribution in [2.45, 2.75) is 45.4 Å². The molecule has 28 heavy (non-hydrogen) atoms. The number of imidazole rings is 1. The smallest absolute Gasteiger partial charge is 0.157 e. The summed E-state index contributed by atoms with van der Waals surface area (Å²) in [5, 5.41) is 1.08. The average Bonchev–Trinajstić information content (AvgIpc) is 3.17. The molecule has 0 aliphatic carbocycles. The fourth-order valence-electron chi connectivity index (χ4n) is 3.51. The fraction of sp³-hybridized carbons (Fsp3) is 0.333. The lowest BCUT2D eigenvalue weighted by Crippen LogP contribution is -1.99. The summed E-state index contributed by atoms with van der Waals surface area (Å²) in [7, 11) is 0. The van der Waals surface area contributed by atoms with Gasteiger partial charge in [0.1, 0.15) is 17.0 Å². The predicted octanol–water partition coefficient (Wildman–Crippen LogP) is 6.52. The van der Waals surface area contributed by atoms with Crippen LogP contribution in [0.5, 0.6) is 5.75 Å². The number of benzene rings is 2. The van der Waals surface area contributed by atoms with Gasteiger partial charge in [-0.15, -0.1) is 0 Å². The van der Waals surface area contributed by atoms with Crippen molar-refractivity contribution >= 4 is 21.9 Å². The summed E-state index contributed by atoms with van der Waals surface area (Å²) in [5.41, 5.74) is 3.70. The minimum atomic E-state index is 0.738. The summed E-state index contributed by atoms with van der Waals surface area (Å²) < 4.78 is 6.08. The van der Waals surface area contributed by atoms with Crippen LogP contribution in [-0.4, -0.2) is 21.6 Å². The third-order valence-corrected chi connectivity index (χ3v) is 5.07. The quantitative estimate of drug-likeness (QED) is 0.340. The van der Waals surface area contributed by atoms with Crippen molar-refractivity contribution in [2.75, 3.05) is 6.61 Å². The molecule has 2 aromatic carbocycles. The van der Waals surface area contributed by atoms with Gasteiger partial charge in [-0.1, -0.05) is 69.4 Å². The maximum atomic E-state index is 6.08. The topological polar surface area (TPSA) is 50.8 Å². The molecule has 0 aliphatic rings. The lowest BCUT2D eigenvalue weighted by Gasteiger charge is -2.09. The van der Waals surface area contributed by atoms with Crippen LogP contribution in [0.15, 0.2) is 54.6 Å². The molecule has 0 radical (unpaired) electrons. The van der Waals surface area contributed by atoms with E-state index in [1.165, 1.54) is 32.1 Å². The Hall–Kier alpha value is -2.88. The minimum absolute atomic E-state index is 0.738. The number of aromatic amines is 1. The van der Waals surface area contributed by atoms with Gasteiger partial charge in [0, 0.05) is 5.39 Å². The van der Waals surface area contributed by atoms with E-state index >= 15 is 0 Å². The van der Waals surface area contributed by atoms with Gasteiger partial charge in [0.15, 0.2) is 5.82 Å². The summed E-state index contributed by atoms with van der Waals surface area (Å²) in [4.78, 5) is 12.9. The van der Waals surface area contributed by atoms with Crippen molar-refractivity contribution in [3.63, 3.8) is 0 Å². The number of para-hydroxylation sites is 3. The largest absolute Gasteiger partial charge is 0.491 e. The van der Waals surface area contributed by atoms with Gasteiger partial charge >= 0.3 is 0 Å². The van der Waals surface area contributed by atoms with Crippen LogP contribution < -0.4 is 4.74 Å². The van der Waals surface area contributed by atoms with Crippen LogP contribution in [0.3, 0.4) is 0 Å². The van der Waals surface area contributed by atoms with Crippen LogP contribution in [0.1, 0.15) is 45.4 Å². The van der Waals surface area contributed by atoms with Crippen LogP contribution in [0.2, 0.25) is 0 Å².